The number of nitrogens with zero attached hydrogens (tertiary/aromatic N) is 2. The Morgan fingerprint density at radius 3 is 2.58 bits per heavy atom. The largest absolute Gasteiger partial charge is 0.465 e. The van der Waals surface area contributed by atoms with Gasteiger partial charge in [0, 0.05) is 17.3 Å². The second kappa shape index (κ2) is 9.82. The van der Waals surface area contributed by atoms with E-state index in [1.54, 1.807) is 33.7 Å². The Bertz CT molecular complexity index is 813. The first-order valence-electron chi connectivity index (χ1n) is 12.0. The van der Waals surface area contributed by atoms with Crippen molar-refractivity contribution in [3.05, 3.63) is 25.3 Å². The highest BCUT2D eigenvalue weighted by Crippen LogP contribution is 2.71. The Morgan fingerprint density at radius 2 is 2.03 bits per heavy atom. The molecule has 3 heterocycles. The van der Waals surface area contributed by atoms with Crippen LogP contribution in [0.4, 0.5) is 0 Å². The topological polar surface area (TPSA) is 87.1 Å². The van der Waals surface area contributed by atoms with Crippen LogP contribution in [0.15, 0.2) is 25.3 Å². The summed E-state index contributed by atoms with van der Waals surface area (Å²) in [6.45, 7) is 15.7. The highest BCUT2D eigenvalue weighted by atomic mass is 32.2. The number of hydrogen-bond donors (Lipinski definition) is 1. The lowest BCUT2D eigenvalue weighted by atomic mass is 9.66. The number of likely N-dealkylation sites (tertiary alicyclic amines) is 1. The monoisotopic (exact) mass is 478 g/mol. The van der Waals surface area contributed by atoms with E-state index < -0.39 is 33.4 Å². The lowest BCUT2D eigenvalue weighted by Gasteiger charge is -2.40. The molecule has 0 saturated carbocycles. The third kappa shape index (κ3) is 4.03. The summed E-state index contributed by atoms with van der Waals surface area (Å²) in [5.74, 6) is -1.96. The lowest BCUT2D eigenvalue weighted by molar-refractivity contribution is -0.156. The molecule has 0 aromatic rings. The number of thioether (sulfide) groups is 1. The summed E-state index contributed by atoms with van der Waals surface area (Å²) in [7, 11) is 0. The molecule has 6 atom stereocenters. The Labute approximate surface area is 201 Å². The summed E-state index contributed by atoms with van der Waals surface area (Å²) < 4.78 is 4.39. The van der Waals surface area contributed by atoms with Gasteiger partial charge in [0.1, 0.15) is 6.04 Å². The minimum absolute atomic E-state index is 0.0732. The summed E-state index contributed by atoms with van der Waals surface area (Å²) >= 11 is 1.62. The highest BCUT2D eigenvalue weighted by Gasteiger charge is 2.78. The molecule has 184 valence electrons. The van der Waals surface area contributed by atoms with E-state index in [1.807, 2.05) is 27.7 Å². The van der Waals surface area contributed by atoms with Crippen molar-refractivity contribution >= 4 is 29.5 Å². The number of ether oxygens (including phenoxy) is 1. The van der Waals surface area contributed by atoms with Crippen LogP contribution in [0.25, 0.3) is 0 Å². The first-order valence-corrected chi connectivity index (χ1v) is 12.8. The Morgan fingerprint density at radius 1 is 1.33 bits per heavy atom. The number of rotatable bonds is 11. The maximum atomic E-state index is 14.0. The van der Waals surface area contributed by atoms with Crippen LogP contribution in [0.3, 0.4) is 0 Å². The fourth-order valence-electron chi connectivity index (χ4n) is 5.99. The molecule has 0 aromatic heterocycles. The number of aliphatic hydroxyl groups excluding tert-OH is 1. The molecule has 33 heavy (non-hydrogen) atoms. The Balaban J connectivity index is 2.08. The van der Waals surface area contributed by atoms with E-state index in [4.69, 9.17) is 4.74 Å². The van der Waals surface area contributed by atoms with Gasteiger partial charge >= 0.3 is 5.97 Å². The molecule has 0 radical (unpaired) electrons. The lowest BCUT2D eigenvalue weighted by Crippen LogP contribution is -2.58. The van der Waals surface area contributed by atoms with Gasteiger partial charge in [0.05, 0.1) is 35.8 Å². The molecular weight excluding hydrogens is 440 g/mol. The van der Waals surface area contributed by atoms with Crippen LogP contribution in [0.5, 0.6) is 0 Å². The number of aliphatic hydroxyl groups is 1. The standard InChI is InChI=1S/C25H38N2O5S/c1-7-10-14-32-23(31)19-18-21(29)27(17(9-3)15-28)20(22(30)26(13-8-2)16(4)5)25(18)12-11-24(19,6)33-25/h7-8,16-20,28H,1-2,9-15H2,3-6H3/t17-,18-,19-,20?,24+,25?/m0/s1. The summed E-state index contributed by atoms with van der Waals surface area (Å²) in [4.78, 5) is 44.6. The van der Waals surface area contributed by atoms with Gasteiger partial charge in [-0.2, -0.15) is 0 Å². The van der Waals surface area contributed by atoms with Crippen molar-refractivity contribution in [3.63, 3.8) is 0 Å². The van der Waals surface area contributed by atoms with E-state index >= 15 is 0 Å². The predicted octanol–water partition coefficient (Wildman–Crippen LogP) is 2.78. The normalized spacial score (nSPS) is 33.2. The maximum Gasteiger partial charge on any atom is 0.311 e. The number of hydrogen-bond acceptors (Lipinski definition) is 6. The zero-order chi connectivity index (χ0) is 24.6. The van der Waals surface area contributed by atoms with Crippen LogP contribution in [0.2, 0.25) is 0 Å². The van der Waals surface area contributed by atoms with Gasteiger partial charge in [0.15, 0.2) is 0 Å². The van der Waals surface area contributed by atoms with Gasteiger partial charge in [-0.1, -0.05) is 19.1 Å². The van der Waals surface area contributed by atoms with Crippen LogP contribution in [-0.4, -0.2) is 80.1 Å². The molecule has 3 aliphatic heterocycles. The fraction of sp³-hybridized carbons (Fsp3) is 0.720. The smallest absolute Gasteiger partial charge is 0.311 e. The summed E-state index contributed by atoms with van der Waals surface area (Å²) in [6, 6.07) is -1.28. The third-order valence-electron chi connectivity index (χ3n) is 7.58. The van der Waals surface area contributed by atoms with E-state index in [2.05, 4.69) is 13.2 Å². The number of amides is 2. The molecule has 0 aliphatic carbocycles. The fourth-order valence-corrected chi connectivity index (χ4v) is 8.32. The number of fused-ring (bicyclic) bond motifs is 1. The molecule has 3 saturated heterocycles. The summed E-state index contributed by atoms with van der Waals surface area (Å²) in [5.41, 5.74) is 0. The molecule has 7 nitrogen and oxygen atoms in total. The molecule has 8 heteroatoms. The zero-order valence-corrected chi connectivity index (χ0v) is 21.1. The van der Waals surface area contributed by atoms with Gasteiger partial charge in [-0.05, 0) is 46.5 Å². The van der Waals surface area contributed by atoms with E-state index in [9.17, 15) is 19.5 Å². The molecule has 1 N–H and O–H groups in total. The van der Waals surface area contributed by atoms with E-state index in [1.165, 1.54) is 0 Å². The van der Waals surface area contributed by atoms with Gasteiger partial charge in [-0.3, -0.25) is 14.4 Å². The van der Waals surface area contributed by atoms with E-state index in [0.29, 0.717) is 25.8 Å². The molecule has 2 bridgehead atoms. The molecular formula is C25H38N2O5S. The molecule has 0 aromatic carbocycles. The third-order valence-corrected chi connectivity index (χ3v) is 9.56. The van der Waals surface area contributed by atoms with Crippen molar-refractivity contribution in [2.45, 2.75) is 81.0 Å². The minimum Gasteiger partial charge on any atom is -0.465 e. The first kappa shape index (κ1) is 25.8. The van der Waals surface area contributed by atoms with Crippen LogP contribution in [0.1, 0.15) is 53.4 Å². The second-order valence-electron chi connectivity index (χ2n) is 9.84. The minimum atomic E-state index is -0.729. The quantitative estimate of drug-likeness (QED) is 0.279. The van der Waals surface area contributed by atoms with Crippen LogP contribution < -0.4 is 0 Å². The maximum absolute atomic E-state index is 14.0. The SMILES string of the molecule is C=CCCOC(=O)[C@@H]1[C@H]2C(=O)N([C@@H](CC)CO)C(C(=O)N(CC=C)C(C)C)C23CC[C@@]1(C)S3. The molecule has 3 aliphatic rings. The van der Waals surface area contributed by atoms with Crippen molar-refractivity contribution in [1.29, 1.82) is 0 Å². The Kier molecular flexibility index (Phi) is 7.68. The molecule has 3 rings (SSSR count). The van der Waals surface area contributed by atoms with Crippen molar-refractivity contribution in [1.82, 2.24) is 9.80 Å². The van der Waals surface area contributed by atoms with Gasteiger partial charge in [-0.25, -0.2) is 0 Å². The molecule has 3 fully saturated rings. The van der Waals surface area contributed by atoms with Crippen LogP contribution >= 0.6 is 11.8 Å². The van der Waals surface area contributed by atoms with Gasteiger partial charge in [-0.15, -0.1) is 24.9 Å². The average molecular weight is 479 g/mol. The summed E-state index contributed by atoms with van der Waals surface area (Å²) in [6.07, 6.45) is 5.87. The second-order valence-corrected chi connectivity index (χ2v) is 11.7. The van der Waals surface area contributed by atoms with Crippen LogP contribution in [-0.2, 0) is 19.1 Å². The van der Waals surface area contributed by atoms with E-state index in [0.717, 1.165) is 6.42 Å². The van der Waals surface area contributed by atoms with Crippen molar-refractivity contribution in [2.24, 2.45) is 11.8 Å². The highest BCUT2D eigenvalue weighted by molar-refractivity contribution is 8.02. The van der Waals surface area contributed by atoms with Crippen molar-refractivity contribution in [3.8, 4) is 0 Å². The van der Waals surface area contributed by atoms with Gasteiger partial charge < -0.3 is 19.6 Å². The molecule has 1 spiro atoms. The first-order chi connectivity index (χ1) is 15.6. The number of esters is 1. The number of carbonyl (C=O) groups is 3. The van der Waals surface area contributed by atoms with Crippen molar-refractivity contribution in [2.75, 3.05) is 19.8 Å². The van der Waals surface area contributed by atoms with E-state index in [-0.39, 0.29) is 37.0 Å². The average Bonchev–Trinajstić information content (AvgIpc) is 3.34. The predicted molar refractivity (Wildman–Crippen MR) is 130 cm³/mol. The van der Waals surface area contributed by atoms with Crippen molar-refractivity contribution < 1.29 is 24.2 Å². The molecule has 2 unspecified atom stereocenters. The number of carbonyl (C=O) groups excluding carboxylic acids is 3. The Hall–Kier alpha value is -1.80. The van der Waals surface area contributed by atoms with Crippen LogP contribution in [0, 0.1) is 11.8 Å². The van der Waals surface area contributed by atoms with Gasteiger partial charge in [0.2, 0.25) is 11.8 Å². The molecule has 2 amide bonds. The zero-order valence-electron chi connectivity index (χ0n) is 20.3. The van der Waals surface area contributed by atoms with Gasteiger partial charge in [0.25, 0.3) is 0 Å². The summed E-state index contributed by atoms with van der Waals surface area (Å²) in [5, 5.41) is 10.1.